The number of aryl methyl sites for hydroxylation is 2. The normalized spacial score (nSPS) is 11.5. The third kappa shape index (κ3) is 7.73. The summed E-state index contributed by atoms with van der Waals surface area (Å²) in [6.07, 6.45) is 3.96. The smallest absolute Gasteiger partial charge is 0.744 e. The summed E-state index contributed by atoms with van der Waals surface area (Å²) in [6.45, 7) is 4.17. The molecule has 0 saturated heterocycles. The molecule has 0 N–H and O–H groups in total. The van der Waals surface area contributed by atoms with Gasteiger partial charge in [0.15, 0.2) is 0 Å². The van der Waals surface area contributed by atoms with E-state index in [0.717, 1.165) is 47.6 Å². The van der Waals surface area contributed by atoms with Crippen molar-refractivity contribution >= 4 is 79.5 Å². The monoisotopic (exact) mass is 538 g/mol. The standard InChI is InChI=1S/2C13H14O3S.Ca/c2*1-2-4-10-7-8-12-11(9-10)5-3-6-13(12)17(14,15)16;/h2*3,5-9H,2,4H2,1H3,(H,14,15,16);/q;;+2/p-2. The molecule has 0 aliphatic rings. The molecule has 0 aromatic heterocycles. The van der Waals surface area contributed by atoms with E-state index in [0.29, 0.717) is 10.8 Å². The summed E-state index contributed by atoms with van der Waals surface area (Å²) in [5, 5.41) is 2.60. The number of hydrogen-bond acceptors (Lipinski definition) is 6. The van der Waals surface area contributed by atoms with E-state index in [4.69, 9.17) is 0 Å². The Morgan fingerprint density at radius 1 is 0.600 bits per heavy atom. The molecule has 0 heterocycles. The molecule has 0 aliphatic heterocycles. The third-order valence-electron chi connectivity index (χ3n) is 5.43. The van der Waals surface area contributed by atoms with Crippen LogP contribution in [-0.2, 0) is 33.1 Å². The molecule has 4 rings (SSSR count). The largest absolute Gasteiger partial charge is 2.00 e. The van der Waals surface area contributed by atoms with Gasteiger partial charge in [0.1, 0.15) is 20.2 Å². The fourth-order valence-corrected chi connectivity index (χ4v) is 5.33. The predicted octanol–water partition coefficient (Wildman–Crippen LogP) is 5.01. The Balaban J connectivity index is 0.000000240. The maximum absolute atomic E-state index is 11.1. The first-order valence-electron chi connectivity index (χ1n) is 11.0. The maximum atomic E-state index is 11.1. The summed E-state index contributed by atoms with van der Waals surface area (Å²) < 4.78 is 66.6. The van der Waals surface area contributed by atoms with Crippen molar-refractivity contribution in [3.63, 3.8) is 0 Å². The van der Waals surface area contributed by atoms with Crippen LogP contribution in [0.1, 0.15) is 37.8 Å². The molecule has 0 atom stereocenters. The van der Waals surface area contributed by atoms with Gasteiger partial charge in [-0.25, -0.2) is 16.8 Å². The predicted molar refractivity (Wildman–Crippen MR) is 138 cm³/mol. The molecular formula is C26H26CaO6S2. The van der Waals surface area contributed by atoms with E-state index in [9.17, 15) is 25.9 Å². The Kier molecular flexibility index (Phi) is 10.7. The molecule has 0 amide bonds. The van der Waals surface area contributed by atoms with Crippen molar-refractivity contribution in [1.29, 1.82) is 0 Å². The number of benzene rings is 4. The van der Waals surface area contributed by atoms with Crippen LogP contribution in [0, 0.1) is 0 Å². The minimum Gasteiger partial charge on any atom is -0.744 e. The first-order chi connectivity index (χ1) is 16.0. The fraction of sp³-hybridized carbons (Fsp3) is 0.231. The van der Waals surface area contributed by atoms with Crippen molar-refractivity contribution in [1.82, 2.24) is 0 Å². The second-order valence-corrected chi connectivity index (χ2v) is 10.7. The second kappa shape index (κ2) is 12.6. The molecule has 9 heteroatoms. The van der Waals surface area contributed by atoms with E-state index in [1.807, 2.05) is 36.4 Å². The van der Waals surface area contributed by atoms with Gasteiger partial charge < -0.3 is 9.11 Å². The van der Waals surface area contributed by atoms with Gasteiger partial charge in [0.05, 0.1) is 9.79 Å². The van der Waals surface area contributed by atoms with Crippen molar-refractivity contribution in [3.8, 4) is 0 Å². The average Bonchev–Trinajstić information content (AvgIpc) is 2.77. The average molecular weight is 539 g/mol. The van der Waals surface area contributed by atoms with Gasteiger partial charge in [0.2, 0.25) is 0 Å². The molecule has 35 heavy (non-hydrogen) atoms. The molecule has 4 aromatic rings. The Morgan fingerprint density at radius 2 is 0.971 bits per heavy atom. The quantitative estimate of drug-likeness (QED) is 0.252. The zero-order valence-electron chi connectivity index (χ0n) is 19.7. The van der Waals surface area contributed by atoms with Gasteiger partial charge >= 0.3 is 37.7 Å². The Hall–Kier alpha value is -1.52. The van der Waals surface area contributed by atoms with Crippen LogP contribution in [0.4, 0.5) is 0 Å². The van der Waals surface area contributed by atoms with Crippen LogP contribution in [0.25, 0.3) is 21.5 Å². The van der Waals surface area contributed by atoms with E-state index in [-0.39, 0.29) is 47.5 Å². The summed E-state index contributed by atoms with van der Waals surface area (Å²) in [5.74, 6) is 0. The van der Waals surface area contributed by atoms with Gasteiger partial charge in [-0.05, 0) is 57.6 Å². The summed E-state index contributed by atoms with van der Waals surface area (Å²) >= 11 is 0. The topological polar surface area (TPSA) is 114 Å². The molecule has 0 bridgehead atoms. The molecule has 4 aromatic carbocycles. The molecule has 180 valence electrons. The fourth-order valence-electron chi connectivity index (χ4n) is 3.93. The molecule has 0 aliphatic carbocycles. The van der Waals surface area contributed by atoms with Crippen molar-refractivity contribution in [3.05, 3.63) is 83.9 Å². The SMILES string of the molecule is CCCc1ccc2c(S(=O)(=O)[O-])cccc2c1.CCCc1ccc2c(S(=O)(=O)[O-])cccc2c1.[Ca+2]. The molecule has 0 saturated carbocycles. The van der Waals surface area contributed by atoms with Crippen LogP contribution in [0.5, 0.6) is 0 Å². The minimum atomic E-state index is -4.40. The molecule has 6 nitrogen and oxygen atoms in total. The van der Waals surface area contributed by atoms with Crippen LogP contribution in [0.15, 0.2) is 82.6 Å². The van der Waals surface area contributed by atoms with E-state index < -0.39 is 20.2 Å². The Bertz CT molecular complexity index is 1410. The van der Waals surface area contributed by atoms with Crippen molar-refractivity contribution in [2.24, 2.45) is 0 Å². The second-order valence-electron chi connectivity index (χ2n) is 8.03. The number of rotatable bonds is 6. The number of hydrogen-bond donors (Lipinski definition) is 0. The summed E-state index contributed by atoms with van der Waals surface area (Å²) in [5.41, 5.74) is 2.31. The number of fused-ring (bicyclic) bond motifs is 2. The van der Waals surface area contributed by atoms with Gasteiger partial charge in [-0.15, -0.1) is 0 Å². The van der Waals surface area contributed by atoms with Gasteiger partial charge in [-0.2, -0.15) is 0 Å². The van der Waals surface area contributed by atoms with Gasteiger partial charge in [0, 0.05) is 0 Å². The van der Waals surface area contributed by atoms with Gasteiger partial charge in [-0.3, -0.25) is 0 Å². The molecule has 0 radical (unpaired) electrons. The van der Waals surface area contributed by atoms with E-state index in [1.54, 1.807) is 24.3 Å². The van der Waals surface area contributed by atoms with Crippen LogP contribution in [0.2, 0.25) is 0 Å². The first-order valence-corrected chi connectivity index (χ1v) is 13.8. The molecule has 0 spiro atoms. The van der Waals surface area contributed by atoms with E-state index >= 15 is 0 Å². The summed E-state index contributed by atoms with van der Waals surface area (Å²) in [4.78, 5) is -0.281. The van der Waals surface area contributed by atoms with Crippen LogP contribution in [-0.4, -0.2) is 63.7 Å². The van der Waals surface area contributed by atoms with Gasteiger partial charge in [-0.1, -0.05) is 87.4 Å². The van der Waals surface area contributed by atoms with Crippen molar-refractivity contribution in [2.75, 3.05) is 0 Å². The maximum Gasteiger partial charge on any atom is 2.00 e. The first kappa shape index (κ1) is 29.7. The van der Waals surface area contributed by atoms with Crippen molar-refractivity contribution < 1.29 is 25.9 Å². The van der Waals surface area contributed by atoms with E-state index in [1.165, 1.54) is 12.1 Å². The zero-order chi connectivity index (χ0) is 24.9. The van der Waals surface area contributed by atoms with Crippen LogP contribution in [0.3, 0.4) is 0 Å². The Morgan fingerprint density at radius 3 is 1.29 bits per heavy atom. The van der Waals surface area contributed by atoms with E-state index in [2.05, 4.69) is 13.8 Å². The van der Waals surface area contributed by atoms with Gasteiger partial charge in [0.25, 0.3) is 0 Å². The minimum absolute atomic E-state index is 0. The van der Waals surface area contributed by atoms with Crippen LogP contribution < -0.4 is 0 Å². The third-order valence-corrected chi connectivity index (χ3v) is 7.22. The molecular weight excluding hydrogens is 512 g/mol. The molecule has 0 unspecified atom stereocenters. The summed E-state index contributed by atoms with van der Waals surface area (Å²) in [6, 6.07) is 20.6. The Labute approximate surface area is 236 Å². The molecule has 0 fully saturated rings. The zero-order valence-corrected chi connectivity index (χ0v) is 23.6. The summed E-state index contributed by atoms with van der Waals surface area (Å²) in [7, 11) is -8.81. The van der Waals surface area contributed by atoms with Crippen LogP contribution >= 0.6 is 0 Å². The van der Waals surface area contributed by atoms with Crippen molar-refractivity contribution in [2.45, 2.75) is 49.3 Å².